The number of carbonyl (C=O) groups is 2. The van der Waals surface area contributed by atoms with Crippen molar-refractivity contribution in [3.63, 3.8) is 0 Å². The molecule has 31 heavy (non-hydrogen) atoms. The van der Waals surface area contributed by atoms with Crippen molar-refractivity contribution in [2.45, 2.75) is 84.4 Å². The van der Waals surface area contributed by atoms with E-state index in [-0.39, 0.29) is 42.6 Å². The molecule has 0 aromatic heterocycles. The third kappa shape index (κ3) is 2.71. The Morgan fingerprint density at radius 2 is 1.97 bits per heavy atom. The van der Waals surface area contributed by atoms with Gasteiger partial charge in [-0.25, -0.2) is 13.2 Å². The van der Waals surface area contributed by atoms with Crippen LogP contribution < -0.4 is 0 Å². The van der Waals surface area contributed by atoms with Crippen molar-refractivity contribution in [2.75, 3.05) is 0 Å². The summed E-state index contributed by atoms with van der Waals surface area (Å²) in [5.41, 5.74) is -5.27. The van der Waals surface area contributed by atoms with Crippen LogP contribution in [0.4, 0.5) is 13.2 Å². The molecule has 0 radical (unpaired) electrons. The van der Waals surface area contributed by atoms with Crippen LogP contribution in [0.2, 0.25) is 0 Å². The summed E-state index contributed by atoms with van der Waals surface area (Å²) in [7, 11) is 0. The van der Waals surface area contributed by atoms with Crippen molar-refractivity contribution in [3.05, 3.63) is 23.0 Å². The minimum Gasteiger partial charge on any atom is -0.461 e. The number of halogens is 3. The third-order valence-corrected chi connectivity index (χ3v) is 8.75. The largest absolute Gasteiger partial charge is 0.461 e. The zero-order valence-corrected chi connectivity index (χ0v) is 18.7. The summed E-state index contributed by atoms with van der Waals surface area (Å²) in [4.78, 5) is 24.2. The van der Waals surface area contributed by atoms with Gasteiger partial charge in [0, 0.05) is 29.7 Å². The van der Waals surface area contributed by atoms with Gasteiger partial charge in [-0.05, 0) is 44.1 Å². The molecule has 0 bridgehead atoms. The van der Waals surface area contributed by atoms with Gasteiger partial charge in [0.25, 0.3) is 0 Å². The Labute approximate surface area is 180 Å². The summed E-state index contributed by atoms with van der Waals surface area (Å²) in [5.74, 6) is -3.39. The van der Waals surface area contributed by atoms with Crippen LogP contribution in [-0.2, 0) is 14.3 Å². The fourth-order valence-electron chi connectivity index (χ4n) is 7.36. The molecule has 7 heteroatoms. The Bertz CT molecular complexity index is 897. The molecule has 2 fully saturated rings. The average molecular weight is 441 g/mol. The van der Waals surface area contributed by atoms with Gasteiger partial charge in [0.05, 0.1) is 11.5 Å². The van der Waals surface area contributed by atoms with Crippen LogP contribution in [0.5, 0.6) is 0 Å². The molecular weight excluding hydrogens is 409 g/mol. The monoisotopic (exact) mass is 440 g/mol. The molecule has 0 saturated heterocycles. The SMILES string of the molecule is CCC(=O)O[C@@H]1[C@H](C)C[C@H]2[C@@H]3CC(F)=C4[C@H](F)C(=O)C(C)=C[C@]4(C)[C@@]3(F)[C@@H](O)C[C@]12C. The molecule has 9 atom stereocenters. The number of aliphatic hydroxyl groups is 1. The Morgan fingerprint density at radius 3 is 2.58 bits per heavy atom. The summed E-state index contributed by atoms with van der Waals surface area (Å²) in [6, 6.07) is 0. The van der Waals surface area contributed by atoms with Gasteiger partial charge in [-0.15, -0.1) is 0 Å². The predicted molar refractivity (Wildman–Crippen MR) is 108 cm³/mol. The lowest BCUT2D eigenvalue weighted by atomic mass is 9.46. The third-order valence-electron chi connectivity index (χ3n) is 8.75. The number of Topliss-reactive ketones (excluding diaryl/α,β-unsaturated/α-hetero) is 1. The smallest absolute Gasteiger partial charge is 0.305 e. The Morgan fingerprint density at radius 1 is 1.32 bits per heavy atom. The second-order valence-electron chi connectivity index (χ2n) is 10.5. The molecule has 0 aromatic rings. The summed E-state index contributed by atoms with van der Waals surface area (Å²) in [5, 5.41) is 11.2. The van der Waals surface area contributed by atoms with Gasteiger partial charge in [0.1, 0.15) is 11.9 Å². The van der Waals surface area contributed by atoms with E-state index in [1.54, 1.807) is 6.92 Å². The Hall–Kier alpha value is -1.63. The molecular formula is C24H31F3O4. The second kappa shape index (κ2) is 6.93. The fraction of sp³-hybridized carbons (Fsp3) is 0.750. The molecule has 0 aliphatic heterocycles. The van der Waals surface area contributed by atoms with Gasteiger partial charge in [-0.2, -0.15) is 0 Å². The van der Waals surface area contributed by atoms with E-state index in [9.17, 15) is 19.1 Å². The molecule has 0 spiro atoms. The van der Waals surface area contributed by atoms with Crippen LogP contribution in [-0.4, -0.2) is 40.9 Å². The molecule has 0 amide bonds. The lowest BCUT2D eigenvalue weighted by Crippen LogP contribution is -2.68. The molecule has 0 aromatic carbocycles. The minimum atomic E-state index is -2.34. The van der Waals surface area contributed by atoms with Crippen LogP contribution in [0.25, 0.3) is 0 Å². The Balaban J connectivity index is 1.85. The topological polar surface area (TPSA) is 63.6 Å². The van der Waals surface area contributed by atoms with E-state index in [2.05, 4.69) is 0 Å². The van der Waals surface area contributed by atoms with E-state index in [1.165, 1.54) is 19.9 Å². The van der Waals surface area contributed by atoms with Crippen molar-refractivity contribution < 1.29 is 32.6 Å². The zero-order chi connectivity index (χ0) is 23.1. The van der Waals surface area contributed by atoms with Crippen LogP contribution in [0.15, 0.2) is 23.0 Å². The fourth-order valence-corrected chi connectivity index (χ4v) is 7.36. The standard InChI is InChI=1S/C24H31F3O4/c1-6-17(29)31-21-11(2)7-13-14-8-15(25)18-19(26)20(30)12(3)9-23(18,5)24(14,27)16(28)10-22(13,21)4/h9,11,13-14,16,19,21,28H,6-8,10H2,1-5H3/t11-,13+,14+,16+,19+,21-,22+,23+,24+/m1/s1. The lowest BCUT2D eigenvalue weighted by Gasteiger charge is -2.61. The number of ketones is 1. The van der Waals surface area contributed by atoms with Crippen molar-refractivity contribution in [1.82, 2.24) is 0 Å². The maximum Gasteiger partial charge on any atom is 0.305 e. The molecule has 1 N–H and O–H groups in total. The molecule has 4 aliphatic rings. The van der Waals surface area contributed by atoms with E-state index in [0.717, 1.165) is 0 Å². The number of hydrogen-bond donors (Lipinski definition) is 1. The predicted octanol–water partition coefficient (Wildman–Crippen LogP) is 4.56. The number of aliphatic hydroxyl groups excluding tert-OH is 1. The van der Waals surface area contributed by atoms with Crippen LogP contribution in [0.3, 0.4) is 0 Å². The van der Waals surface area contributed by atoms with Crippen molar-refractivity contribution in [3.8, 4) is 0 Å². The van der Waals surface area contributed by atoms with E-state index in [0.29, 0.717) is 6.42 Å². The molecule has 172 valence electrons. The van der Waals surface area contributed by atoms with Gasteiger partial charge >= 0.3 is 5.97 Å². The highest BCUT2D eigenvalue weighted by molar-refractivity contribution is 6.02. The number of rotatable bonds is 2. The average Bonchev–Trinajstić information content (AvgIpc) is 2.92. The number of allylic oxidation sites excluding steroid dienone is 4. The van der Waals surface area contributed by atoms with Crippen molar-refractivity contribution in [2.24, 2.45) is 28.6 Å². The number of carbonyl (C=O) groups excluding carboxylic acids is 2. The molecule has 4 aliphatic carbocycles. The maximum absolute atomic E-state index is 17.1. The van der Waals surface area contributed by atoms with E-state index in [1.807, 2.05) is 13.8 Å². The molecule has 4 nitrogen and oxygen atoms in total. The summed E-state index contributed by atoms with van der Waals surface area (Å²) in [6.45, 7) is 8.29. The van der Waals surface area contributed by atoms with Gasteiger partial charge in [-0.3, -0.25) is 9.59 Å². The Kier molecular flexibility index (Phi) is 5.04. The normalized spacial score (nSPS) is 49.2. The molecule has 4 rings (SSSR count). The highest BCUT2D eigenvalue weighted by atomic mass is 19.2. The molecule has 0 unspecified atom stereocenters. The number of fused-ring (bicyclic) bond motifs is 5. The van der Waals surface area contributed by atoms with Crippen LogP contribution >= 0.6 is 0 Å². The van der Waals surface area contributed by atoms with Gasteiger partial charge in [-0.1, -0.05) is 26.8 Å². The van der Waals surface area contributed by atoms with Crippen LogP contribution in [0.1, 0.15) is 60.3 Å². The van der Waals surface area contributed by atoms with E-state index in [4.69, 9.17) is 4.74 Å². The highest BCUT2D eigenvalue weighted by Gasteiger charge is 2.73. The van der Waals surface area contributed by atoms with E-state index < -0.39 is 58.0 Å². The van der Waals surface area contributed by atoms with Crippen molar-refractivity contribution in [1.29, 1.82) is 0 Å². The summed E-state index contributed by atoms with van der Waals surface area (Å²) in [6.07, 6.45) is -2.61. The first-order valence-electron chi connectivity index (χ1n) is 11.2. The number of alkyl halides is 2. The minimum absolute atomic E-state index is 0.0128. The first-order valence-corrected chi connectivity index (χ1v) is 11.2. The van der Waals surface area contributed by atoms with Gasteiger partial charge in [0.2, 0.25) is 0 Å². The molecule has 0 heterocycles. The zero-order valence-electron chi connectivity index (χ0n) is 18.7. The number of ether oxygens (including phenoxy) is 1. The molecule has 2 saturated carbocycles. The summed E-state index contributed by atoms with van der Waals surface area (Å²) >= 11 is 0. The first kappa shape index (κ1) is 22.6. The van der Waals surface area contributed by atoms with E-state index >= 15 is 8.78 Å². The maximum atomic E-state index is 17.1. The highest BCUT2D eigenvalue weighted by Crippen LogP contribution is 2.69. The van der Waals surface area contributed by atoms with Gasteiger partial charge in [0.15, 0.2) is 17.6 Å². The number of esters is 1. The van der Waals surface area contributed by atoms with Gasteiger partial charge < -0.3 is 9.84 Å². The summed E-state index contributed by atoms with van der Waals surface area (Å²) < 4.78 is 53.1. The van der Waals surface area contributed by atoms with Crippen LogP contribution in [0, 0.1) is 28.6 Å². The quantitative estimate of drug-likeness (QED) is 0.640. The number of hydrogen-bond acceptors (Lipinski definition) is 4. The van der Waals surface area contributed by atoms with Crippen molar-refractivity contribution >= 4 is 11.8 Å². The second-order valence-corrected chi connectivity index (χ2v) is 10.5. The lowest BCUT2D eigenvalue weighted by molar-refractivity contribution is -0.205. The first-order chi connectivity index (χ1) is 14.3.